The van der Waals surface area contributed by atoms with Gasteiger partial charge in [-0.15, -0.1) is 0 Å². The predicted octanol–water partition coefficient (Wildman–Crippen LogP) is 1.53. The van der Waals surface area contributed by atoms with E-state index in [9.17, 15) is 40.2 Å². The first-order chi connectivity index (χ1) is 26.4. The molecule has 0 saturated carbocycles. The number of aliphatic hydroxyl groups is 3. The van der Waals surface area contributed by atoms with Gasteiger partial charge in [-0.1, -0.05) is 12.1 Å². The number of nitrogens with one attached hydrogen (secondary N) is 3. The number of hydrogen-bond acceptors (Lipinski definition) is 15. The fourth-order valence-electron chi connectivity index (χ4n) is 6.76. The number of carboxylic acids is 1. The summed E-state index contributed by atoms with van der Waals surface area (Å²) in [6, 6.07) is 18.4. The van der Waals surface area contributed by atoms with Gasteiger partial charge < -0.3 is 75.4 Å². The average Bonchev–Trinajstić information content (AvgIpc) is 3.82. The Labute approximate surface area is 312 Å². The van der Waals surface area contributed by atoms with Crippen LogP contribution in [0.4, 0.5) is 5.82 Å². The van der Waals surface area contributed by atoms with Crippen molar-refractivity contribution >= 4 is 22.8 Å². The van der Waals surface area contributed by atoms with Crippen LogP contribution < -0.4 is 36.0 Å². The Morgan fingerprint density at radius 2 is 1.82 bits per heavy atom. The minimum Gasteiger partial charge on any atom is -0.508 e. The number of H-pyrrole nitrogens is 1. The van der Waals surface area contributed by atoms with Crippen molar-refractivity contribution in [3.05, 3.63) is 94.3 Å². The number of aliphatic hydroxyl groups excluding tert-OH is 2. The minimum atomic E-state index is -2.44. The van der Waals surface area contributed by atoms with Crippen LogP contribution in [0.1, 0.15) is 17.7 Å². The molecule has 11 N–H and O–H groups in total. The number of rotatable bonds is 13. The van der Waals surface area contributed by atoms with E-state index in [1.54, 1.807) is 42.5 Å². The number of benzene rings is 3. The van der Waals surface area contributed by atoms with E-state index in [-0.39, 0.29) is 41.3 Å². The van der Waals surface area contributed by atoms with Crippen LogP contribution in [0, 0.1) is 0 Å². The molecule has 0 spiro atoms. The SMILES string of the molecule is Nc1ccc(CCOc2ccc(-c3cc(=O)c4c(O)c(OCc5cccc(O)c5)c(OC5OC(C(=O)O)C(O)(CC6CNCN6)C(O)C5O)cc4o3)cc2)[nH]1. The standard InChI is InChI=1S/C38H40N4O13/c39-29-9-6-21(42-29)10-11-51-24-7-4-20(5-8-24)26-13-25(44)30-27(53-26)14-28(33(31(30)45)52-17-19-2-1-3-23(43)12-19)54-37-32(46)34(47)38(50,35(55-37)36(48)49)15-22-16-40-18-41-22/h1-9,12-14,22,32,34-35,37,40-43,45-47,50H,10-11,15-18,39H2,(H,48,49). The summed E-state index contributed by atoms with van der Waals surface area (Å²) in [7, 11) is 0. The van der Waals surface area contributed by atoms with Crippen molar-refractivity contribution in [3.63, 3.8) is 0 Å². The number of aliphatic carboxylic acids is 1. The van der Waals surface area contributed by atoms with E-state index in [0.29, 0.717) is 48.9 Å². The number of carboxylic acid groups (broad SMARTS) is 1. The maximum atomic E-state index is 13.6. The molecule has 4 heterocycles. The number of aromatic hydroxyl groups is 2. The molecular weight excluding hydrogens is 720 g/mol. The number of nitrogen functional groups attached to an aromatic ring is 1. The molecule has 17 heteroatoms. The molecule has 0 aliphatic carbocycles. The number of aromatic amines is 1. The van der Waals surface area contributed by atoms with Crippen molar-refractivity contribution in [3.8, 4) is 40.1 Å². The van der Waals surface area contributed by atoms with Gasteiger partial charge in [-0.2, -0.15) is 0 Å². The molecule has 0 amide bonds. The zero-order valence-electron chi connectivity index (χ0n) is 29.2. The third-order valence-electron chi connectivity index (χ3n) is 9.54. The monoisotopic (exact) mass is 760 g/mol. The van der Waals surface area contributed by atoms with Crippen LogP contribution in [-0.2, 0) is 22.6 Å². The topological polar surface area (TPSA) is 271 Å². The quantitative estimate of drug-likeness (QED) is 0.0815. The average molecular weight is 761 g/mol. The van der Waals surface area contributed by atoms with Crippen molar-refractivity contribution in [2.24, 2.45) is 0 Å². The van der Waals surface area contributed by atoms with Crippen molar-refractivity contribution < 1.29 is 58.8 Å². The van der Waals surface area contributed by atoms with Gasteiger partial charge in [-0.25, -0.2) is 4.79 Å². The van der Waals surface area contributed by atoms with Gasteiger partial charge in [-0.3, -0.25) is 4.79 Å². The third kappa shape index (κ3) is 7.88. The van der Waals surface area contributed by atoms with E-state index in [4.69, 9.17) is 29.1 Å². The highest BCUT2D eigenvalue weighted by Crippen LogP contribution is 2.45. The third-order valence-corrected chi connectivity index (χ3v) is 9.54. The normalized spacial score (nSPS) is 23.8. The number of phenols is 2. The van der Waals surface area contributed by atoms with Crippen molar-refractivity contribution in [2.75, 3.05) is 25.6 Å². The van der Waals surface area contributed by atoms with Crippen molar-refractivity contribution in [2.45, 2.75) is 55.7 Å². The fourth-order valence-corrected chi connectivity index (χ4v) is 6.76. The molecule has 3 aromatic carbocycles. The van der Waals surface area contributed by atoms with Crippen LogP contribution in [0.2, 0.25) is 0 Å². The second-order valence-electron chi connectivity index (χ2n) is 13.4. The van der Waals surface area contributed by atoms with Gasteiger partial charge in [0.25, 0.3) is 0 Å². The zero-order valence-corrected chi connectivity index (χ0v) is 29.2. The molecule has 6 unspecified atom stereocenters. The summed E-state index contributed by atoms with van der Waals surface area (Å²) in [4.78, 5) is 29.0. The molecule has 2 fully saturated rings. The highest BCUT2D eigenvalue weighted by Gasteiger charge is 2.59. The number of ether oxygens (including phenoxy) is 4. The minimum absolute atomic E-state index is 0.0567. The number of fused-ring (bicyclic) bond motifs is 1. The van der Waals surface area contributed by atoms with Gasteiger partial charge in [0.05, 0.1) is 6.61 Å². The van der Waals surface area contributed by atoms with E-state index in [2.05, 4.69) is 15.6 Å². The first-order valence-electron chi connectivity index (χ1n) is 17.4. The molecule has 2 saturated heterocycles. The van der Waals surface area contributed by atoms with Gasteiger partial charge in [0.15, 0.2) is 23.0 Å². The van der Waals surface area contributed by atoms with Gasteiger partial charge in [0.1, 0.15) is 58.5 Å². The van der Waals surface area contributed by atoms with E-state index in [1.165, 1.54) is 24.3 Å². The molecule has 55 heavy (non-hydrogen) atoms. The largest absolute Gasteiger partial charge is 0.508 e. The Kier molecular flexibility index (Phi) is 10.6. The molecule has 7 rings (SSSR count). The smallest absolute Gasteiger partial charge is 0.336 e. The molecule has 6 atom stereocenters. The summed E-state index contributed by atoms with van der Waals surface area (Å²) in [6.07, 6.45) is -7.76. The molecule has 0 bridgehead atoms. The maximum absolute atomic E-state index is 13.6. The maximum Gasteiger partial charge on any atom is 0.336 e. The number of carbonyl (C=O) groups is 1. The number of phenolic OH excluding ortho intramolecular Hbond substituents is 2. The molecule has 2 aliphatic heterocycles. The predicted molar refractivity (Wildman–Crippen MR) is 195 cm³/mol. The molecule has 290 valence electrons. The van der Waals surface area contributed by atoms with Crippen LogP contribution in [0.5, 0.6) is 28.7 Å². The summed E-state index contributed by atoms with van der Waals surface area (Å²) >= 11 is 0. The second-order valence-corrected chi connectivity index (χ2v) is 13.4. The molecule has 2 aliphatic rings. The first kappa shape index (κ1) is 37.5. The Balaban J connectivity index is 1.20. The van der Waals surface area contributed by atoms with E-state index < -0.39 is 59.1 Å². The lowest BCUT2D eigenvalue weighted by molar-refractivity contribution is -0.307. The van der Waals surface area contributed by atoms with Crippen LogP contribution >= 0.6 is 0 Å². The molecular formula is C38H40N4O13. The summed E-state index contributed by atoms with van der Waals surface area (Å²) in [5, 5.41) is 71.1. The summed E-state index contributed by atoms with van der Waals surface area (Å²) in [5.74, 6) is -1.96. The van der Waals surface area contributed by atoms with Crippen LogP contribution in [0.3, 0.4) is 0 Å². The Bertz CT molecular complexity index is 2220. The first-order valence-corrected chi connectivity index (χ1v) is 17.4. The van der Waals surface area contributed by atoms with Crippen molar-refractivity contribution in [1.29, 1.82) is 0 Å². The lowest BCUT2D eigenvalue weighted by atomic mass is 9.79. The second kappa shape index (κ2) is 15.5. The van der Waals surface area contributed by atoms with Crippen LogP contribution in [-0.4, -0.2) is 97.7 Å². The van der Waals surface area contributed by atoms with Gasteiger partial charge in [0, 0.05) is 49.1 Å². The van der Waals surface area contributed by atoms with Gasteiger partial charge in [0.2, 0.25) is 12.0 Å². The molecule has 2 aromatic heterocycles. The van der Waals surface area contributed by atoms with E-state index in [1.807, 2.05) is 6.07 Å². The lowest BCUT2D eigenvalue weighted by Crippen LogP contribution is -2.70. The van der Waals surface area contributed by atoms with E-state index in [0.717, 1.165) is 5.69 Å². The van der Waals surface area contributed by atoms with Crippen LogP contribution in [0.15, 0.2) is 82.0 Å². The number of hydrogen-bond donors (Lipinski definition) is 10. The fraction of sp³-hybridized carbons (Fsp3) is 0.316. The van der Waals surface area contributed by atoms with Gasteiger partial charge >= 0.3 is 5.97 Å². The number of anilines is 1. The van der Waals surface area contributed by atoms with E-state index >= 15 is 0 Å². The summed E-state index contributed by atoms with van der Waals surface area (Å²) in [5.41, 5.74) is 4.33. The molecule has 5 aromatic rings. The summed E-state index contributed by atoms with van der Waals surface area (Å²) in [6.45, 7) is 0.880. The summed E-state index contributed by atoms with van der Waals surface area (Å²) < 4.78 is 29.4. The molecule has 0 radical (unpaired) electrons. The number of nitrogens with two attached hydrogens (primary N) is 1. The Morgan fingerprint density at radius 1 is 1.02 bits per heavy atom. The zero-order chi connectivity index (χ0) is 38.9. The Hall–Kier alpha value is -5.82. The highest BCUT2D eigenvalue weighted by atomic mass is 16.7. The number of aromatic nitrogens is 1. The molecule has 17 nitrogen and oxygen atoms in total. The van der Waals surface area contributed by atoms with Gasteiger partial charge in [-0.05, 0) is 60.5 Å². The van der Waals surface area contributed by atoms with Crippen molar-refractivity contribution in [1.82, 2.24) is 15.6 Å². The highest BCUT2D eigenvalue weighted by molar-refractivity contribution is 5.89. The van der Waals surface area contributed by atoms with Crippen LogP contribution in [0.25, 0.3) is 22.3 Å². The Morgan fingerprint density at radius 3 is 2.51 bits per heavy atom. The lowest BCUT2D eigenvalue weighted by Gasteiger charge is -2.47.